The lowest BCUT2D eigenvalue weighted by molar-refractivity contribution is 0.0733. The molecule has 4 nitrogen and oxygen atoms in total. The number of amides is 1. The molecule has 1 amide bonds. The molecule has 0 unspecified atom stereocenters. The summed E-state index contributed by atoms with van der Waals surface area (Å²) in [7, 11) is 0. The van der Waals surface area contributed by atoms with E-state index in [2.05, 4.69) is 24.0 Å². The zero-order valence-corrected chi connectivity index (χ0v) is 14.0. The lowest BCUT2D eigenvalue weighted by atomic mass is 9.99. The van der Waals surface area contributed by atoms with Gasteiger partial charge in [0, 0.05) is 19.3 Å². The van der Waals surface area contributed by atoms with E-state index < -0.39 is 0 Å². The highest BCUT2D eigenvalue weighted by molar-refractivity contribution is 7.71. The molecule has 1 aliphatic heterocycles. The van der Waals surface area contributed by atoms with Crippen LogP contribution < -0.4 is 4.74 Å². The van der Waals surface area contributed by atoms with Gasteiger partial charge in [-0.2, -0.15) is 0 Å². The summed E-state index contributed by atoms with van der Waals surface area (Å²) in [6.45, 7) is 4.14. The number of pyridine rings is 1. The molecule has 2 heterocycles. The minimum Gasteiger partial charge on any atom is -0.494 e. The van der Waals surface area contributed by atoms with E-state index in [1.54, 1.807) is 18.3 Å². The summed E-state index contributed by atoms with van der Waals surface area (Å²) in [6, 6.07) is 9.72. The van der Waals surface area contributed by atoms with Crippen molar-refractivity contribution in [1.29, 1.82) is 0 Å². The predicted octanol–water partition coefficient (Wildman–Crippen LogP) is 3.73. The number of ether oxygens (including phenoxy) is 1. The van der Waals surface area contributed by atoms with Crippen LogP contribution in [0.2, 0.25) is 0 Å². The number of hydrogen-bond acceptors (Lipinski definition) is 3. The summed E-state index contributed by atoms with van der Waals surface area (Å²) in [5.74, 6) is 0.902. The van der Waals surface area contributed by atoms with Crippen LogP contribution in [0.15, 0.2) is 36.5 Å². The maximum absolute atomic E-state index is 12.7. The summed E-state index contributed by atoms with van der Waals surface area (Å²) in [4.78, 5) is 17.4. The average molecular weight is 328 g/mol. The van der Waals surface area contributed by atoms with Gasteiger partial charge in [-0.15, -0.1) is 0 Å². The minimum atomic E-state index is -0.0104. The monoisotopic (exact) mass is 328 g/mol. The molecule has 5 heteroatoms. The second kappa shape index (κ2) is 6.96. The van der Waals surface area contributed by atoms with E-state index in [0.717, 1.165) is 25.2 Å². The van der Waals surface area contributed by atoms with Gasteiger partial charge in [0.15, 0.2) is 0 Å². The maximum atomic E-state index is 12.7. The lowest BCUT2D eigenvalue weighted by Gasteiger charge is -2.29. The number of nitrogens with one attached hydrogen (secondary N) is 1. The van der Waals surface area contributed by atoms with Gasteiger partial charge >= 0.3 is 0 Å². The van der Waals surface area contributed by atoms with Crippen molar-refractivity contribution in [1.82, 2.24) is 9.88 Å². The van der Waals surface area contributed by atoms with E-state index in [0.29, 0.717) is 23.3 Å². The second-order valence-electron chi connectivity index (χ2n) is 5.67. The number of rotatable bonds is 4. The van der Waals surface area contributed by atoms with Crippen LogP contribution in [0.3, 0.4) is 0 Å². The van der Waals surface area contributed by atoms with E-state index in [9.17, 15) is 4.79 Å². The number of carbonyl (C=O) groups excluding carboxylic acids is 1. The Bertz CT molecular complexity index is 770. The van der Waals surface area contributed by atoms with Crippen LogP contribution in [0.1, 0.15) is 34.8 Å². The molecule has 0 spiro atoms. The molecule has 0 aliphatic carbocycles. The first-order chi connectivity index (χ1) is 11.2. The normalized spacial score (nSPS) is 13.5. The Balaban J connectivity index is 1.77. The fraction of sp³-hybridized carbons (Fsp3) is 0.333. The molecular weight excluding hydrogens is 308 g/mol. The predicted molar refractivity (Wildman–Crippen MR) is 92.3 cm³/mol. The number of aromatic nitrogens is 1. The van der Waals surface area contributed by atoms with Crippen molar-refractivity contribution in [2.24, 2.45) is 0 Å². The zero-order chi connectivity index (χ0) is 16.2. The van der Waals surface area contributed by atoms with Crippen molar-refractivity contribution in [3.8, 4) is 5.75 Å². The smallest absolute Gasteiger partial charge is 0.257 e. The highest BCUT2D eigenvalue weighted by Gasteiger charge is 2.22. The van der Waals surface area contributed by atoms with Crippen molar-refractivity contribution < 1.29 is 9.53 Å². The molecule has 1 aliphatic rings. The number of fused-ring (bicyclic) bond motifs is 1. The lowest BCUT2D eigenvalue weighted by Crippen LogP contribution is -2.36. The van der Waals surface area contributed by atoms with Crippen LogP contribution in [0.4, 0.5) is 0 Å². The van der Waals surface area contributed by atoms with Crippen molar-refractivity contribution >= 4 is 18.1 Å². The molecule has 23 heavy (non-hydrogen) atoms. The molecule has 1 aromatic heterocycles. The number of hydrogen-bond donors (Lipinski definition) is 1. The first kappa shape index (κ1) is 15.7. The maximum Gasteiger partial charge on any atom is 0.257 e. The highest BCUT2D eigenvalue weighted by Crippen LogP contribution is 2.25. The molecule has 1 N–H and O–H groups in total. The molecule has 2 aromatic rings. The summed E-state index contributed by atoms with van der Waals surface area (Å²) in [6.07, 6.45) is 3.58. The van der Waals surface area contributed by atoms with Crippen molar-refractivity contribution in [2.45, 2.75) is 26.3 Å². The van der Waals surface area contributed by atoms with Gasteiger partial charge in [-0.1, -0.05) is 25.2 Å². The second-order valence-corrected chi connectivity index (χ2v) is 6.08. The van der Waals surface area contributed by atoms with Gasteiger partial charge in [0.2, 0.25) is 0 Å². The zero-order valence-electron chi connectivity index (χ0n) is 13.2. The van der Waals surface area contributed by atoms with Crippen LogP contribution in [0.5, 0.6) is 5.75 Å². The van der Waals surface area contributed by atoms with Gasteiger partial charge in [-0.3, -0.25) is 4.79 Å². The van der Waals surface area contributed by atoms with E-state index in [1.165, 1.54) is 11.1 Å². The molecule has 0 saturated heterocycles. The summed E-state index contributed by atoms with van der Waals surface area (Å²) in [5.41, 5.74) is 3.01. The molecule has 0 bridgehead atoms. The molecule has 0 radical (unpaired) electrons. The number of nitrogens with zero attached hydrogens (tertiary/aromatic N) is 1. The number of benzene rings is 1. The van der Waals surface area contributed by atoms with Gasteiger partial charge in [-0.25, -0.2) is 0 Å². The Morgan fingerprint density at radius 2 is 2.22 bits per heavy atom. The SMILES string of the molecule is CCCOc1ccc2c(c1)CCN(C(=O)c1ccc[nH]c1=S)C2. The van der Waals surface area contributed by atoms with Gasteiger partial charge in [0.25, 0.3) is 5.91 Å². The Kier molecular flexibility index (Phi) is 4.76. The first-order valence-corrected chi connectivity index (χ1v) is 8.31. The largest absolute Gasteiger partial charge is 0.494 e. The van der Waals surface area contributed by atoms with Crippen LogP contribution in [-0.2, 0) is 13.0 Å². The molecule has 1 aromatic carbocycles. The topological polar surface area (TPSA) is 45.3 Å². The third-order valence-electron chi connectivity index (χ3n) is 4.00. The first-order valence-electron chi connectivity index (χ1n) is 7.90. The van der Waals surface area contributed by atoms with Gasteiger partial charge in [0.05, 0.1) is 12.2 Å². The third kappa shape index (κ3) is 3.45. The van der Waals surface area contributed by atoms with Crippen LogP contribution >= 0.6 is 12.2 Å². The average Bonchev–Trinajstić information content (AvgIpc) is 2.59. The van der Waals surface area contributed by atoms with E-state index in [-0.39, 0.29) is 5.91 Å². The summed E-state index contributed by atoms with van der Waals surface area (Å²) >= 11 is 5.21. The van der Waals surface area contributed by atoms with Crippen molar-refractivity contribution in [3.05, 3.63) is 57.9 Å². The third-order valence-corrected chi connectivity index (χ3v) is 4.34. The Morgan fingerprint density at radius 1 is 1.35 bits per heavy atom. The van der Waals surface area contributed by atoms with Gasteiger partial charge in [-0.05, 0) is 48.2 Å². The number of H-pyrrole nitrogens is 1. The van der Waals surface area contributed by atoms with Gasteiger partial charge in [0.1, 0.15) is 10.4 Å². The number of carbonyl (C=O) groups is 1. The highest BCUT2D eigenvalue weighted by atomic mass is 32.1. The Hall–Kier alpha value is -2.14. The molecule has 3 rings (SSSR count). The summed E-state index contributed by atoms with van der Waals surface area (Å²) < 4.78 is 6.17. The van der Waals surface area contributed by atoms with Crippen LogP contribution in [-0.4, -0.2) is 28.9 Å². The fourth-order valence-electron chi connectivity index (χ4n) is 2.77. The van der Waals surface area contributed by atoms with Crippen LogP contribution in [0.25, 0.3) is 0 Å². The molecule has 120 valence electrons. The minimum absolute atomic E-state index is 0.0104. The fourth-order valence-corrected chi connectivity index (χ4v) is 3.00. The van der Waals surface area contributed by atoms with Crippen molar-refractivity contribution in [3.63, 3.8) is 0 Å². The Morgan fingerprint density at radius 3 is 3.00 bits per heavy atom. The molecular formula is C18H20N2O2S. The van der Waals surface area contributed by atoms with Crippen molar-refractivity contribution in [2.75, 3.05) is 13.2 Å². The molecule has 0 saturated carbocycles. The van der Waals surface area contributed by atoms with Crippen LogP contribution in [0, 0.1) is 4.64 Å². The van der Waals surface area contributed by atoms with E-state index in [1.807, 2.05) is 11.0 Å². The number of aromatic amines is 1. The van der Waals surface area contributed by atoms with E-state index in [4.69, 9.17) is 17.0 Å². The standard InChI is InChI=1S/C18H20N2O2S/c1-2-10-22-15-6-5-14-12-20(9-7-13(14)11-15)18(21)16-4-3-8-19-17(16)23/h3-6,8,11H,2,7,9-10,12H2,1H3,(H,19,23). The Labute approximate surface area is 141 Å². The van der Waals surface area contributed by atoms with E-state index >= 15 is 0 Å². The summed E-state index contributed by atoms with van der Waals surface area (Å²) in [5, 5.41) is 0. The molecule has 0 atom stereocenters. The quantitative estimate of drug-likeness (QED) is 0.870. The molecule has 0 fully saturated rings. The van der Waals surface area contributed by atoms with Gasteiger partial charge < -0.3 is 14.6 Å².